The number of piperidine rings is 4. The highest BCUT2D eigenvalue weighted by Gasteiger charge is 2.48. The van der Waals surface area contributed by atoms with Crippen molar-refractivity contribution in [1.29, 1.82) is 0 Å². The molecular weight excluding hydrogens is 544 g/mol. The number of amides is 1. The third-order valence-electron chi connectivity index (χ3n) is 11.4. The number of hydrogen-bond donors (Lipinski definition) is 3. The van der Waals surface area contributed by atoms with Gasteiger partial charge in [-0.25, -0.2) is 0 Å². The van der Waals surface area contributed by atoms with E-state index >= 15 is 0 Å². The number of carbonyl (C=O) groups is 1. The number of nitrogens with one attached hydrogen (secondary N) is 2. The molecule has 7 aliphatic rings. The van der Waals surface area contributed by atoms with Crippen molar-refractivity contribution < 1.29 is 14.4 Å². The average molecular weight is 594 g/mol. The number of nitrogens with zero attached hydrogens (tertiary/aromatic N) is 1. The lowest BCUT2D eigenvalue weighted by Gasteiger charge is -2.50. The van der Waals surface area contributed by atoms with Crippen LogP contribution in [0.25, 0.3) is 5.57 Å². The zero-order valence-electron chi connectivity index (χ0n) is 26.3. The van der Waals surface area contributed by atoms with Gasteiger partial charge >= 0.3 is 0 Å². The van der Waals surface area contributed by atoms with Crippen LogP contribution >= 0.6 is 0 Å². The summed E-state index contributed by atoms with van der Waals surface area (Å²) in [6, 6.07) is 9.41. The molecule has 4 unspecified atom stereocenters. The second kappa shape index (κ2) is 12.1. The molecule has 2 aliphatic carbocycles. The molecule has 1 amide bonds. The summed E-state index contributed by atoms with van der Waals surface area (Å²) in [6.07, 6.45) is 19.0. The van der Waals surface area contributed by atoms with Gasteiger partial charge in [0.1, 0.15) is 17.6 Å². The Labute approximate surface area is 262 Å². The SMILES string of the molecule is NCCCCCCNC(=O)c1cccc(C2=C3C=C4CCC[NH+]5CCCC(=C3OC3=C2C=C2CCCN6CCCC3C26)C45)c1. The van der Waals surface area contributed by atoms with Crippen LogP contribution in [0.4, 0.5) is 0 Å². The summed E-state index contributed by atoms with van der Waals surface area (Å²) in [6.45, 7) is 6.41. The van der Waals surface area contributed by atoms with E-state index in [1.807, 2.05) is 6.07 Å². The summed E-state index contributed by atoms with van der Waals surface area (Å²) < 4.78 is 7.27. The lowest BCUT2D eigenvalue weighted by Crippen LogP contribution is -3.17. The molecule has 6 nitrogen and oxygen atoms in total. The predicted molar refractivity (Wildman–Crippen MR) is 175 cm³/mol. The largest absolute Gasteiger partial charge is 0.460 e. The number of benzene rings is 1. The van der Waals surface area contributed by atoms with E-state index in [9.17, 15) is 4.79 Å². The topological polar surface area (TPSA) is 72.0 Å². The smallest absolute Gasteiger partial charge is 0.251 e. The van der Waals surface area contributed by atoms with Crippen LogP contribution in [0.1, 0.15) is 93.0 Å². The van der Waals surface area contributed by atoms with Crippen LogP contribution in [0.2, 0.25) is 0 Å². The molecule has 232 valence electrons. The molecule has 0 aromatic heterocycles. The minimum atomic E-state index is 0.0225. The first kappa shape index (κ1) is 28.5. The van der Waals surface area contributed by atoms with Crippen LogP contribution in [-0.2, 0) is 4.74 Å². The highest BCUT2D eigenvalue weighted by Crippen LogP contribution is 2.53. The number of unbranched alkanes of at least 4 members (excludes halogenated alkanes) is 3. The number of nitrogens with two attached hydrogens (primary N) is 1. The van der Waals surface area contributed by atoms with Crippen molar-refractivity contribution >= 4 is 11.5 Å². The zero-order chi connectivity index (χ0) is 29.6. The fourth-order valence-corrected chi connectivity index (χ4v) is 9.56. The first-order valence-electron chi connectivity index (χ1n) is 17.7. The first-order valence-corrected chi connectivity index (χ1v) is 17.7. The number of hydrogen-bond acceptors (Lipinski definition) is 4. The molecule has 5 aliphatic heterocycles. The van der Waals surface area contributed by atoms with Gasteiger partial charge in [0, 0.05) is 59.2 Å². The second-order valence-electron chi connectivity index (χ2n) is 14.1. The van der Waals surface area contributed by atoms with Crippen molar-refractivity contribution in [3.05, 3.63) is 86.9 Å². The van der Waals surface area contributed by atoms with Crippen LogP contribution in [0.3, 0.4) is 0 Å². The predicted octanol–water partition coefficient (Wildman–Crippen LogP) is 4.82. The molecule has 6 heteroatoms. The Kier molecular flexibility index (Phi) is 7.85. The molecule has 0 spiro atoms. The quantitative estimate of drug-likeness (QED) is 0.378. The second-order valence-corrected chi connectivity index (χ2v) is 14.1. The highest BCUT2D eigenvalue weighted by atomic mass is 16.5. The Bertz CT molecular complexity index is 1490. The molecule has 1 aromatic carbocycles. The van der Waals surface area contributed by atoms with Gasteiger partial charge in [-0.1, -0.05) is 36.6 Å². The van der Waals surface area contributed by atoms with Gasteiger partial charge in [-0.05, 0) is 100 Å². The van der Waals surface area contributed by atoms with Crippen molar-refractivity contribution in [2.45, 2.75) is 89.1 Å². The van der Waals surface area contributed by atoms with Crippen molar-refractivity contribution in [2.75, 3.05) is 39.3 Å². The van der Waals surface area contributed by atoms with Crippen LogP contribution < -0.4 is 16.0 Å². The van der Waals surface area contributed by atoms with Gasteiger partial charge in [0.25, 0.3) is 5.91 Å². The number of rotatable bonds is 8. The van der Waals surface area contributed by atoms with E-state index in [0.29, 0.717) is 24.5 Å². The van der Waals surface area contributed by atoms with E-state index in [2.05, 4.69) is 40.6 Å². The third-order valence-corrected chi connectivity index (χ3v) is 11.4. The van der Waals surface area contributed by atoms with Gasteiger partial charge in [-0.3, -0.25) is 9.69 Å². The zero-order valence-corrected chi connectivity index (χ0v) is 26.3. The summed E-state index contributed by atoms with van der Waals surface area (Å²) in [5.74, 6) is 2.80. The Morgan fingerprint density at radius 2 is 1.77 bits per heavy atom. The van der Waals surface area contributed by atoms with Crippen LogP contribution in [0.5, 0.6) is 0 Å². The summed E-state index contributed by atoms with van der Waals surface area (Å²) in [7, 11) is 0. The maximum Gasteiger partial charge on any atom is 0.251 e. The monoisotopic (exact) mass is 593 g/mol. The molecule has 4 saturated heterocycles. The number of allylic oxidation sites excluding steroid dienone is 4. The molecule has 1 aromatic rings. The lowest BCUT2D eigenvalue weighted by atomic mass is 9.70. The van der Waals surface area contributed by atoms with Gasteiger partial charge in [0.05, 0.1) is 13.1 Å². The maximum atomic E-state index is 13.4. The molecular formula is C38H49N4O2+. The molecule has 4 fully saturated rings. The average Bonchev–Trinajstić information content (AvgIpc) is 3.06. The number of quaternary nitrogens is 1. The van der Waals surface area contributed by atoms with Crippen LogP contribution in [0, 0.1) is 5.92 Å². The minimum absolute atomic E-state index is 0.0225. The van der Waals surface area contributed by atoms with E-state index in [0.717, 1.165) is 55.5 Å². The maximum absolute atomic E-state index is 13.4. The van der Waals surface area contributed by atoms with E-state index in [4.69, 9.17) is 10.5 Å². The minimum Gasteiger partial charge on any atom is -0.460 e. The summed E-state index contributed by atoms with van der Waals surface area (Å²) >= 11 is 0. The van der Waals surface area contributed by atoms with Gasteiger partial charge < -0.3 is 20.7 Å². The normalized spacial score (nSPS) is 29.1. The molecule has 44 heavy (non-hydrogen) atoms. The Balaban J connectivity index is 1.22. The Morgan fingerprint density at radius 1 is 0.955 bits per heavy atom. The van der Waals surface area contributed by atoms with Crippen molar-refractivity contribution in [3.63, 3.8) is 0 Å². The number of ether oxygens (including phenoxy) is 1. The molecule has 4 atom stereocenters. The van der Waals surface area contributed by atoms with Crippen LogP contribution in [0.15, 0.2) is 75.8 Å². The Morgan fingerprint density at radius 3 is 2.68 bits per heavy atom. The molecule has 8 rings (SSSR count). The standard InChI is InChI=1S/C38H48N4O2/c39-16-3-1-2-4-17-40-38(43)28-11-5-10-25(22-28)33-31-23-26-12-6-18-41-20-8-14-29(34(26)41)36(31)44-37-30-15-9-21-42-19-7-13-27(35(30)42)24-32(33)37/h5,10-11,22-24,29,34-35H,1-4,6-9,12-21,39H2,(H,40,43)/p+1. The van der Waals surface area contributed by atoms with E-state index in [1.54, 1.807) is 16.0 Å². The molecule has 5 heterocycles. The summed E-state index contributed by atoms with van der Waals surface area (Å²) in [4.78, 5) is 17.8. The fourth-order valence-electron chi connectivity index (χ4n) is 9.56. The number of carbonyl (C=O) groups excluding carboxylic acids is 1. The summed E-state index contributed by atoms with van der Waals surface area (Å²) in [5.41, 5.74) is 16.1. The molecule has 4 N–H and O–H groups in total. The van der Waals surface area contributed by atoms with E-state index in [1.165, 1.54) is 99.2 Å². The van der Waals surface area contributed by atoms with Gasteiger partial charge in [0.15, 0.2) is 0 Å². The Hall–Kier alpha value is -2.93. The molecule has 0 saturated carbocycles. The lowest BCUT2D eigenvalue weighted by molar-refractivity contribution is -0.922. The molecule has 0 radical (unpaired) electrons. The number of fused-ring (bicyclic) bond motifs is 2. The third kappa shape index (κ3) is 4.94. The first-order chi connectivity index (χ1) is 21.7. The molecule has 0 bridgehead atoms. The fraction of sp³-hybridized carbons (Fsp3) is 0.553. The van der Waals surface area contributed by atoms with E-state index < -0.39 is 0 Å². The summed E-state index contributed by atoms with van der Waals surface area (Å²) in [5, 5.41) is 3.19. The van der Waals surface area contributed by atoms with Crippen molar-refractivity contribution in [3.8, 4) is 0 Å². The van der Waals surface area contributed by atoms with E-state index in [-0.39, 0.29) is 5.91 Å². The van der Waals surface area contributed by atoms with Crippen molar-refractivity contribution in [2.24, 2.45) is 11.7 Å². The van der Waals surface area contributed by atoms with Crippen molar-refractivity contribution in [1.82, 2.24) is 10.2 Å². The highest BCUT2D eigenvalue weighted by molar-refractivity contribution is 5.97. The van der Waals surface area contributed by atoms with Gasteiger partial charge in [0.2, 0.25) is 0 Å². The van der Waals surface area contributed by atoms with Gasteiger partial charge in [-0.15, -0.1) is 0 Å². The van der Waals surface area contributed by atoms with Crippen LogP contribution in [-0.4, -0.2) is 62.2 Å². The van der Waals surface area contributed by atoms with Gasteiger partial charge in [-0.2, -0.15) is 0 Å².